The van der Waals surface area contributed by atoms with Gasteiger partial charge in [-0.25, -0.2) is 4.79 Å². The fraction of sp³-hybridized carbons (Fsp3) is 0.286. The van der Waals surface area contributed by atoms with Crippen LogP contribution in [0, 0.1) is 17.2 Å². The number of thioether (sulfide) groups is 1. The van der Waals surface area contributed by atoms with Gasteiger partial charge in [0.1, 0.15) is 11.1 Å². The first-order valence-corrected chi connectivity index (χ1v) is 13.8. The van der Waals surface area contributed by atoms with Crippen LogP contribution in [0.2, 0.25) is 0 Å². The minimum absolute atomic E-state index is 0.0696. The fourth-order valence-electron chi connectivity index (χ4n) is 4.35. The van der Waals surface area contributed by atoms with Crippen molar-refractivity contribution in [1.29, 1.82) is 5.26 Å². The number of carbonyl (C=O) groups excluding carboxylic acids is 2. The molecular formula is C28H27N3O4S2. The van der Waals surface area contributed by atoms with Gasteiger partial charge in [0.25, 0.3) is 5.91 Å². The molecule has 2 amide bonds. The number of amides is 2. The third-order valence-corrected chi connectivity index (χ3v) is 8.82. The van der Waals surface area contributed by atoms with Gasteiger partial charge in [-0.1, -0.05) is 32.0 Å². The van der Waals surface area contributed by atoms with E-state index in [1.165, 1.54) is 40.1 Å². The topological polar surface area (TPSA) is 119 Å². The molecule has 7 nitrogen and oxygen atoms in total. The van der Waals surface area contributed by atoms with Crippen molar-refractivity contribution in [2.45, 2.75) is 49.7 Å². The molecule has 0 aliphatic heterocycles. The zero-order valence-corrected chi connectivity index (χ0v) is 22.2. The Labute approximate surface area is 223 Å². The van der Waals surface area contributed by atoms with Crippen molar-refractivity contribution in [3.63, 3.8) is 0 Å². The molecule has 1 aliphatic rings. The van der Waals surface area contributed by atoms with Gasteiger partial charge in [-0.3, -0.25) is 9.59 Å². The number of hydrogen-bond acceptors (Lipinski definition) is 6. The molecule has 2 atom stereocenters. The average molecular weight is 534 g/mol. The Morgan fingerprint density at radius 3 is 2.62 bits per heavy atom. The highest BCUT2D eigenvalue weighted by Gasteiger charge is 2.26. The van der Waals surface area contributed by atoms with Crippen LogP contribution in [0.25, 0.3) is 0 Å². The van der Waals surface area contributed by atoms with Crippen molar-refractivity contribution >= 4 is 51.6 Å². The Morgan fingerprint density at radius 2 is 1.92 bits per heavy atom. The predicted molar refractivity (Wildman–Crippen MR) is 147 cm³/mol. The van der Waals surface area contributed by atoms with E-state index >= 15 is 0 Å². The first kappa shape index (κ1) is 26.5. The molecule has 0 radical (unpaired) electrons. The van der Waals surface area contributed by atoms with Crippen LogP contribution in [0.5, 0.6) is 0 Å². The number of nitriles is 1. The molecule has 3 aromatic rings. The minimum atomic E-state index is -1.17. The SMILES string of the molecule is CCC(Sc1cccc(NC(=O)c2ccccc2C(=O)O)c1)C(=O)Nc1sc2c(c1C#N)CCC(C)C2. The number of hydrogen-bond donors (Lipinski definition) is 3. The lowest BCUT2D eigenvalue weighted by Crippen LogP contribution is -2.24. The number of rotatable bonds is 8. The fourth-order valence-corrected chi connectivity index (χ4v) is 6.73. The Kier molecular flexibility index (Phi) is 8.31. The summed E-state index contributed by atoms with van der Waals surface area (Å²) in [6, 6.07) is 15.4. The van der Waals surface area contributed by atoms with Gasteiger partial charge >= 0.3 is 5.97 Å². The van der Waals surface area contributed by atoms with E-state index in [1.807, 2.05) is 13.0 Å². The highest BCUT2D eigenvalue weighted by atomic mass is 32.2. The van der Waals surface area contributed by atoms with Crippen LogP contribution >= 0.6 is 23.1 Å². The van der Waals surface area contributed by atoms with Crippen LogP contribution in [-0.2, 0) is 17.6 Å². The summed E-state index contributed by atoms with van der Waals surface area (Å²) in [7, 11) is 0. The quantitative estimate of drug-likeness (QED) is 0.296. The van der Waals surface area contributed by atoms with E-state index in [2.05, 4.69) is 23.6 Å². The van der Waals surface area contributed by atoms with E-state index in [-0.39, 0.29) is 17.0 Å². The maximum atomic E-state index is 13.2. The van der Waals surface area contributed by atoms with Gasteiger partial charge in [-0.05, 0) is 67.5 Å². The Hall–Kier alpha value is -3.61. The molecule has 37 heavy (non-hydrogen) atoms. The van der Waals surface area contributed by atoms with Gasteiger partial charge in [-0.15, -0.1) is 23.1 Å². The van der Waals surface area contributed by atoms with Crippen LogP contribution in [0.3, 0.4) is 0 Å². The second-order valence-corrected chi connectivity index (χ2v) is 11.4. The van der Waals surface area contributed by atoms with Gasteiger partial charge in [0, 0.05) is 15.5 Å². The first-order valence-electron chi connectivity index (χ1n) is 12.1. The summed E-state index contributed by atoms with van der Waals surface area (Å²) >= 11 is 2.88. The van der Waals surface area contributed by atoms with Gasteiger partial charge in [0.05, 0.1) is 21.9 Å². The smallest absolute Gasteiger partial charge is 0.336 e. The van der Waals surface area contributed by atoms with Gasteiger partial charge < -0.3 is 15.7 Å². The number of nitrogens with one attached hydrogen (secondary N) is 2. The Morgan fingerprint density at radius 1 is 1.16 bits per heavy atom. The third-order valence-electron chi connectivity index (χ3n) is 6.30. The Bertz CT molecular complexity index is 1390. The number of fused-ring (bicyclic) bond motifs is 1. The minimum Gasteiger partial charge on any atom is -0.478 e. The molecule has 1 heterocycles. The molecule has 0 saturated carbocycles. The highest BCUT2D eigenvalue weighted by Crippen LogP contribution is 2.40. The van der Waals surface area contributed by atoms with Crippen LogP contribution in [-0.4, -0.2) is 28.1 Å². The molecule has 9 heteroatoms. The number of carbonyl (C=O) groups is 3. The van der Waals surface area contributed by atoms with Crippen molar-refractivity contribution in [2.24, 2.45) is 5.92 Å². The average Bonchev–Trinajstić information content (AvgIpc) is 3.22. The molecule has 0 saturated heterocycles. The largest absolute Gasteiger partial charge is 0.478 e. The summed E-state index contributed by atoms with van der Waals surface area (Å²) in [5.41, 5.74) is 2.16. The number of aromatic carboxylic acids is 1. The van der Waals surface area contributed by atoms with E-state index in [0.717, 1.165) is 29.7 Å². The summed E-state index contributed by atoms with van der Waals surface area (Å²) in [6.45, 7) is 4.14. The van der Waals surface area contributed by atoms with Crippen molar-refractivity contribution in [2.75, 3.05) is 10.6 Å². The molecule has 3 N–H and O–H groups in total. The lowest BCUT2D eigenvalue weighted by molar-refractivity contribution is -0.115. The summed E-state index contributed by atoms with van der Waals surface area (Å²) in [5.74, 6) is -1.29. The zero-order chi connectivity index (χ0) is 26.5. The first-order chi connectivity index (χ1) is 17.8. The van der Waals surface area contributed by atoms with E-state index in [0.29, 0.717) is 28.6 Å². The Balaban J connectivity index is 1.46. The number of carboxylic acids is 1. The molecular weight excluding hydrogens is 506 g/mol. The molecule has 0 spiro atoms. The summed E-state index contributed by atoms with van der Waals surface area (Å²) in [5, 5.41) is 25.1. The summed E-state index contributed by atoms with van der Waals surface area (Å²) in [6.07, 6.45) is 3.43. The normalized spacial score (nSPS) is 15.2. The predicted octanol–water partition coefficient (Wildman–Crippen LogP) is 6.20. The van der Waals surface area contributed by atoms with Crippen LogP contribution in [0.4, 0.5) is 10.7 Å². The number of carboxylic acid groups (broad SMARTS) is 1. The maximum absolute atomic E-state index is 13.2. The van der Waals surface area contributed by atoms with E-state index in [9.17, 15) is 24.8 Å². The van der Waals surface area contributed by atoms with Crippen molar-refractivity contribution < 1.29 is 19.5 Å². The summed E-state index contributed by atoms with van der Waals surface area (Å²) in [4.78, 5) is 39.3. The standard InChI is InChI=1S/C28H27N3O4S2/c1-3-23(26(33)31-27-22(15-29)19-12-11-16(2)13-24(19)37-27)36-18-8-6-7-17(14-18)30-25(32)20-9-4-5-10-21(20)28(34)35/h4-10,14,16,23H,3,11-13H2,1-2H3,(H,30,32)(H,31,33)(H,34,35). The van der Waals surface area contributed by atoms with Crippen LogP contribution in [0.1, 0.15) is 63.4 Å². The maximum Gasteiger partial charge on any atom is 0.336 e. The van der Waals surface area contributed by atoms with Gasteiger partial charge in [-0.2, -0.15) is 5.26 Å². The van der Waals surface area contributed by atoms with Crippen molar-refractivity contribution in [3.8, 4) is 6.07 Å². The zero-order valence-electron chi connectivity index (χ0n) is 20.5. The van der Waals surface area contributed by atoms with E-state index < -0.39 is 17.1 Å². The molecule has 0 bridgehead atoms. The molecule has 4 rings (SSSR count). The molecule has 1 aliphatic carbocycles. The van der Waals surface area contributed by atoms with Crippen LogP contribution in [0.15, 0.2) is 53.4 Å². The number of benzene rings is 2. The van der Waals surface area contributed by atoms with E-state index in [4.69, 9.17) is 0 Å². The van der Waals surface area contributed by atoms with Crippen molar-refractivity contribution in [1.82, 2.24) is 0 Å². The number of thiophene rings is 1. The third kappa shape index (κ3) is 6.04. The molecule has 2 unspecified atom stereocenters. The van der Waals surface area contributed by atoms with E-state index in [1.54, 1.807) is 30.3 Å². The highest BCUT2D eigenvalue weighted by molar-refractivity contribution is 8.00. The number of nitrogens with zero attached hydrogens (tertiary/aromatic N) is 1. The number of anilines is 2. The van der Waals surface area contributed by atoms with Gasteiger partial charge in [0.2, 0.25) is 5.91 Å². The lowest BCUT2D eigenvalue weighted by Gasteiger charge is -2.17. The lowest BCUT2D eigenvalue weighted by atomic mass is 9.88. The molecule has 2 aromatic carbocycles. The monoisotopic (exact) mass is 533 g/mol. The van der Waals surface area contributed by atoms with Crippen LogP contribution < -0.4 is 10.6 Å². The molecule has 1 aromatic heterocycles. The summed E-state index contributed by atoms with van der Waals surface area (Å²) < 4.78 is 0. The molecule has 190 valence electrons. The van der Waals surface area contributed by atoms with Crippen molar-refractivity contribution in [3.05, 3.63) is 75.7 Å². The van der Waals surface area contributed by atoms with Gasteiger partial charge in [0.15, 0.2) is 0 Å². The second-order valence-electron chi connectivity index (χ2n) is 9.00. The molecule has 0 fully saturated rings. The second kappa shape index (κ2) is 11.6.